The molecule has 17 heavy (non-hydrogen) atoms. The number of rotatable bonds is 7. The molecule has 6 nitrogen and oxygen atoms in total. The molecule has 0 saturated heterocycles. The number of hydrogen-bond acceptors (Lipinski definition) is 5. The van der Waals surface area contributed by atoms with Crippen LogP contribution in [-0.4, -0.2) is 29.1 Å². The molecule has 0 unspecified atom stereocenters. The third kappa shape index (κ3) is 4.80. The van der Waals surface area contributed by atoms with Gasteiger partial charge in [0.1, 0.15) is 5.82 Å². The summed E-state index contributed by atoms with van der Waals surface area (Å²) in [5.74, 6) is 5.54. The standard InChI is InChI=1S/C11H18N4O2/c12-15-10-5-4-9(8-14-10)11(17)13-6-2-1-3-7-16/h4-5,8,16H,1-3,6-7,12H2,(H,13,17)(H,14,15). The molecule has 0 fully saturated rings. The van der Waals surface area contributed by atoms with Gasteiger partial charge in [0, 0.05) is 19.3 Å². The second kappa shape index (κ2) is 7.59. The van der Waals surface area contributed by atoms with Gasteiger partial charge in [-0.1, -0.05) is 0 Å². The monoisotopic (exact) mass is 238 g/mol. The molecule has 94 valence electrons. The van der Waals surface area contributed by atoms with Crippen molar-refractivity contribution in [2.45, 2.75) is 19.3 Å². The maximum Gasteiger partial charge on any atom is 0.252 e. The lowest BCUT2D eigenvalue weighted by Gasteiger charge is -2.05. The molecule has 0 aliphatic heterocycles. The van der Waals surface area contributed by atoms with Crippen LogP contribution in [0.3, 0.4) is 0 Å². The Morgan fingerprint density at radius 2 is 2.18 bits per heavy atom. The first-order chi connectivity index (χ1) is 8.27. The zero-order valence-corrected chi connectivity index (χ0v) is 9.65. The highest BCUT2D eigenvalue weighted by molar-refractivity contribution is 5.93. The predicted octanol–water partition coefficient (Wildman–Crippen LogP) is 0.260. The van der Waals surface area contributed by atoms with Crippen LogP contribution in [0.1, 0.15) is 29.6 Å². The van der Waals surface area contributed by atoms with Crippen LogP contribution in [0.2, 0.25) is 0 Å². The number of aromatic nitrogens is 1. The number of aliphatic hydroxyl groups is 1. The van der Waals surface area contributed by atoms with Crippen molar-refractivity contribution in [1.29, 1.82) is 0 Å². The van der Waals surface area contributed by atoms with Crippen LogP contribution in [0.5, 0.6) is 0 Å². The fourth-order valence-electron chi connectivity index (χ4n) is 1.33. The first-order valence-corrected chi connectivity index (χ1v) is 5.59. The van der Waals surface area contributed by atoms with Crippen LogP contribution in [-0.2, 0) is 0 Å². The van der Waals surface area contributed by atoms with E-state index in [1.54, 1.807) is 12.1 Å². The molecular formula is C11H18N4O2. The van der Waals surface area contributed by atoms with Crippen molar-refractivity contribution >= 4 is 11.7 Å². The van der Waals surface area contributed by atoms with Crippen molar-refractivity contribution in [3.8, 4) is 0 Å². The maximum absolute atomic E-state index is 11.6. The highest BCUT2D eigenvalue weighted by atomic mass is 16.2. The highest BCUT2D eigenvalue weighted by Gasteiger charge is 2.04. The summed E-state index contributed by atoms with van der Waals surface area (Å²) in [4.78, 5) is 15.6. The minimum Gasteiger partial charge on any atom is -0.396 e. The van der Waals surface area contributed by atoms with Gasteiger partial charge in [0.25, 0.3) is 5.91 Å². The van der Waals surface area contributed by atoms with Gasteiger partial charge >= 0.3 is 0 Å². The summed E-state index contributed by atoms with van der Waals surface area (Å²) in [6, 6.07) is 3.30. The van der Waals surface area contributed by atoms with Crippen molar-refractivity contribution in [2.24, 2.45) is 5.84 Å². The van der Waals surface area contributed by atoms with E-state index in [1.807, 2.05) is 0 Å². The fraction of sp³-hybridized carbons (Fsp3) is 0.455. The van der Waals surface area contributed by atoms with Crippen molar-refractivity contribution in [1.82, 2.24) is 10.3 Å². The summed E-state index contributed by atoms with van der Waals surface area (Å²) < 4.78 is 0. The van der Waals surface area contributed by atoms with E-state index < -0.39 is 0 Å². The number of carbonyl (C=O) groups is 1. The number of hydrazine groups is 1. The Kier molecular flexibility index (Phi) is 5.98. The molecule has 1 heterocycles. The van der Waals surface area contributed by atoms with Crippen molar-refractivity contribution in [3.63, 3.8) is 0 Å². The lowest BCUT2D eigenvalue weighted by molar-refractivity contribution is 0.0952. The average Bonchev–Trinajstić information content (AvgIpc) is 2.38. The number of nitrogens with one attached hydrogen (secondary N) is 2. The average molecular weight is 238 g/mol. The largest absolute Gasteiger partial charge is 0.396 e. The van der Waals surface area contributed by atoms with E-state index in [4.69, 9.17) is 10.9 Å². The number of nitrogens with zero attached hydrogens (tertiary/aromatic N) is 1. The van der Waals surface area contributed by atoms with Crippen LogP contribution in [0, 0.1) is 0 Å². The zero-order valence-electron chi connectivity index (χ0n) is 9.65. The number of nitrogens with two attached hydrogens (primary N) is 1. The van der Waals surface area contributed by atoms with E-state index >= 15 is 0 Å². The summed E-state index contributed by atoms with van der Waals surface area (Å²) in [5, 5.41) is 11.4. The number of aliphatic hydroxyl groups excluding tert-OH is 1. The van der Waals surface area contributed by atoms with Gasteiger partial charge in [-0.15, -0.1) is 0 Å². The van der Waals surface area contributed by atoms with Crippen molar-refractivity contribution < 1.29 is 9.90 Å². The molecule has 0 aromatic carbocycles. The third-order valence-electron chi connectivity index (χ3n) is 2.29. The van der Waals surface area contributed by atoms with Gasteiger partial charge in [-0.2, -0.15) is 0 Å². The summed E-state index contributed by atoms with van der Waals surface area (Å²) in [5.41, 5.74) is 2.90. The molecule has 5 N–H and O–H groups in total. The highest BCUT2D eigenvalue weighted by Crippen LogP contribution is 2.03. The predicted molar refractivity (Wildman–Crippen MR) is 65.3 cm³/mol. The van der Waals surface area contributed by atoms with Crippen LogP contribution >= 0.6 is 0 Å². The van der Waals surface area contributed by atoms with Gasteiger partial charge in [0.05, 0.1) is 5.56 Å². The normalized spacial score (nSPS) is 10.0. The zero-order chi connectivity index (χ0) is 12.5. The summed E-state index contributed by atoms with van der Waals surface area (Å²) in [7, 11) is 0. The molecule has 0 bridgehead atoms. The Balaban J connectivity index is 2.31. The molecule has 6 heteroatoms. The van der Waals surface area contributed by atoms with Gasteiger partial charge in [-0.05, 0) is 31.4 Å². The summed E-state index contributed by atoms with van der Waals surface area (Å²) in [6.45, 7) is 0.807. The van der Waals surface area contributed by atoms with Crippen molar-refractivity contribution in [2.75, 3.05) is 18.6 Å². The molecule has 0 aliphatic rings. The molecular weight excluding hydrogens is 220 g/mol. The molecule has 0 aliphatic carbocycles. The van der Waals surface area contributed by atoms with Gasteiger partial charge in [0.2, 0.25) is 0 Å². The number of pyridine rings is 1. The van der Waals surface area contributed by atoms with E-state index in [-0.39, 0.29) is 12.5 Å². The minimum atomic E-state index is -0.148. The Bertz CT molecular complexity index is 340. The van der Waals surface area contributed by atoms with E-state index in [2.05, 4.69) is 15.7 Å². The Morgan fingerprint density at radius 3 is 2.76 bits per heavy atom. The van der Waals surface area contributed by atoms with Gasteiger partial charge < -0.3 is 15.8 Å². The first-order valence-electron chi connectivity index (χ1n) is 5.59. The molecule has 0 saturated carbocycles. The summed E-state index contributed by atoms with van der Waals surface area (Å²) in [6.07, 6.45) is 4.01. The Morgan fingerprint density at radius 1 is 1.35 bits per heavy atom. The fourth-order valence-corrected chi connectivity index (χ4v) is 1.33. The third-order valence-corrected chi connectivity index (χ3v) is 2.29. The van der Waals surface area contributed by atoms with Gasteiger partial charge in [-0.3, -0.25) is 4.79 Å². The van der Waals surface area contributed by atoms with Crippen molar-refractivity contribution in [3.05, 3.63) is 23.9 Å². The number of nitrogen functional groups attached to an aromatic ring is 1. The minimum absolute atomic E-state index is 0.148. The molecule has 1 amide bonds. The van der Waals surface area contributed by atoms with E-state index in [9.17, 15) is 4.79 Å². The van der Waals surface area contributed by atoms with E-state index in [1.165, 1.54) is 6.20 Å². The Labute approximate surface area is 100 Å². The van der Waals surface area contributed by atoms with Gasteiger partial charge in [-0.25, -0.2) is 10.8 Å². The molecule has 0 radical (unpaired) electrons. The van der Waals surface area contributed by atoms with E-state index in [0.717, 1.165) is 19.3 Å². The van der Waals surface area contributed by atoms with E-state index in [0.29, 0.717) is 17.9 Å². The second-order valence-electron chi connectivity index (χ2n) is 3.62. The lowest BCUT2D eigenvalue weighted by atomic mass is 10.2. The number of unbranched alkanes of at least 4 members (excludes halogenated alkanes) is 2. The van der Waals surface area contributed by atoms with Gasteiger partial charge in [0.15, 0.2) is 0 Å². The number of hydrogen-bond donors (Lipinski definition) is 4. The number of carbonyl (C=O) groups excluding carboxylic acids is 1. The maximum atomic E-state index is 11.6. The topological polar surface area (TPSA) is 100 Å². The smallest absolute Gasteiger partial charge is 0.252 e. The number of anilines is 1. The SMILES string of the molecule is NNc1ccc(C(=O)NCCCCCO)cn1. The lowest BCUT2D eigenvalue weighted by Crippen LogP contribution is -2.24. The molecule has 1 aromatic rings. The quantitative estimate of drug-likeness (QED) is 0.310. The number of amides is 1. The van der Waals surface area contributed by atoms with Crippen LogP contribution in [0.15, 0.2) is 18.3 Å². The molecule has 1 aromatic heterocycles. The van der Waals surface area contributed by atoms with Crippen LogP contribution in [0.4, 0.5) is 5.82 Å². The van der Waals surface area contributed by atoms with Crippen LogP contribution in [0.25, 0.3) is 0 Å². The molecule has 0 spiro atoms. The van der Waals surface area contributed by atoms with Crippen LogP contribution < -0.4 is 16.6 Å². The molecule has 1 rings (SSSR count). The molecule has 0 atom stereocenters. The Hall–Kier alpha value is -1.66. The second-order valence-corrected chi connectivity index (χ2v) is 3.62. The summed E-state index contributed by atoms with van der Waals surface area (Å²) >= 11 is 0. The first kappa shape index (κ1) is 13.4.